The number of amides is 1. The number of fused-ring (bicyclic) bond motifs is 1. The number of carbonyl (C=O) groups excluding carboxylic acids is 1. The lowest BCUT2D eigenvalue weighted by Gasteiger charge is -2.34. The van der Waals surface area contributed by atoms with E-state index in [0.29, 0.717) is 30.2 Å². The molecule has 1 atom stereocenters. The summed E-state index contributed by atoms with van der Waals surface area (Å²) in [6, 6.07) is 9.12. The van der Waals surface area contributed by atoms with E-state index < -0.39 is 22.0 Å². The number of hydrogen-bond acceptors (Lipinski definition) is 5. The van der Waals surface area contributed by atoms with Crippen LogP contribution >= 0.6 is 0 Å². The van der Waals surface area contributed by atoms with Gasteiger partial charge in [-0.25, -0.2) is 8.78 Å². The smallest absolute Gasteiger partial charge is 0.326 e. The van der Waals surface area contributed by atoms with Crippen molar-refractivity contribution in [2.24, 2.45) is 5.92 Å². The summed E-state index contributed by atoms with van der Waals surface area (Å²) in [6.07, 6.45) is 1.45. The number of aromatic nitrogens is 1. The third-order valence-corrected chi connectivity index (χ3v) is 8.69. The first-order chi connectivity index (χ1) is 16.1. The molecule has 1 unspecified atom stereocenters. The van der Waals surface area contributed by atoms with Crippen LogP contribution in [-0.4, -0.2) is 74.8 Å². The average molecular weight is 492 g/mol. The topological polar surface area (TPSA) is 77.1 Å². The van der Waals surface area contributed by atoms with Crippen LogP contribution in [0.25, 0.3) is 11.3 Å². The number of nitrogens with zero attached hydrogens (tertiary/aromatic N) is 5. The minimum Gasteiger partial charge on any atom is -0.340 e. The molecule has 0 N–H and O–H groups in total. The van der Waals surface area contributed by atoms with Gasteiger partial charge in [0, 0.05) is 77.3 Å². The highest BCUT2D eigenvalue weighted by atomic mass is 32.2. The Labute approximate surface area is 197 Å². The Bertz CT molecular complexity index is 1230. The van der Waals surface area contributed by atoms with Crippen LogP contribution in [0.2, 0.25) is 0 Å². The van der Waals surface area contributed by atoms with Gasteiger partial charge < -0.3 is 4.90 Å². The fourth-order valence-electron chi connectivity index (χ4n) is 4.61. The summed E-state index contributed by atoms with van der Waals surface area (Å²) in [5, 5.41) is 0. The number of piperazine rings is 1. The van der Waals surface area contributed by atoms with Crippen LogP contribution in [0.4, 0.5) is 20.2 Å². The van der Waals surface area contributed by atoms with Crippen molar-refractivity contribution in [2.45, 2.75) is 25.8 Å². The van der Waals surface area contributed by atoms with Crippen molar-refractivity contribution in [1.82, 2.24) is 14.8 Å². The standard InChI is InChI=1S/C23H27F2N5O3S/c1-16(31)29-9-7-28(8-10-29)14-17-5-6-26-20(11-17)18-3-4-21-22(12-18)27(2)34(32,33)30(21)15-19-13-23(19,24)25/h3-6,11-12,19H,7-10,13-15H2,1-2H3. The van der Waals surface area contributed by atoms with E-state index in [9.17, 15) is 22.0 Å². The number of anilines is 2. The Kier molecular flexibility index (Phi) is 5.51. The molecule has 0 radical (unpaired) electrons. The van der Waals surface area contributed by atoms with Gasteiger partial charge in [0.05, 0.1) is 17.1 Å². The van der Waals surface area contributed by atoms with E-state index in [1.807, 2.05) is 17.0 Å². The van der Waals surface area contributed by atoms with E-state index >= 15 is 0 Å². The largest absolute Gasteiger partial charge is 0.340 e. The van der Waals surface area contributed by atoms with Gasteiger partial charge >= 0.3 is 10.2 Å². The Balaban J connectivity index is 1.35. The lowest BCUT2D eigenvalue weighted by atomic mass is 10.1. The average Bonchev–Trinajstić information content (AvgIpc) is 3.37. The van der Waals surface area contributed by atoms with Crippen LogP contribution in [0, 0.1) is 5.92 Å². The van der Waals surface area contributed by atoms with Gasteiger partial charge in [0.15, 0.2) is 0 Å². The molecule has 11 heteroatoms. The third-order valence-electron chi connectivity index (χ3n) is 6.89. The van der Waals surface area contributed by atoms with Crippen LogP contribution in [0.5, 0.6) is 0 Å². The van der Waals surface area contributed by atoms with Gasteiger partial charge in [0.1, 0.15) is 0 Å². The SMILES string of the molecule is CC(=O)N1CCN(Cc2ccnc(-c3ccc4c(c3)N(C)S(=O)(=O)N4CC3CC3(F)F)c2)CC1. The highest BCUT2D eigenvalue weighted by Crippen LogP contribution is 2.51. The number of rotatable bonds is 5. The summed E-state index contributed by atoms with van der Waals surface area (Å²) >= 11 is 0. The van der Waals surface area contributed by atoms with Crippen LogP contribution in [-0.2, 0) is 21.5 Å². The van der Waals surface area contributed by atoms with Crippen molar-refractivity contribution in [3.8, 4) is 11.3 Å². The fraction of sp³-hybridized carbons (Fsp3) is 0.478. The van der Waals surface area contributed by atoms with E-state index in [1.54, 1.807) is 31.3 Å². The Morgan fingerprint density at radius 2 is 1.82 bits per heavy atom. The number of alkyl halides is 2. The first-order valence-electron chi connectivity index (χ1n) is 11.3. The molecule has 5 rings (SSSR count). The maximum Gasteiger partial charge on any atom is 0.326 e. The number of benzene rings is 1. The molecule has 2 aliphatic heterocycles. The van der Waals surface area contributed by atoms with Crippen molar-refractivity contribution in [3.05, 3.63) is 42.1 Å². The molecule has 34 heavy (non-hydrogen) atoms. The molecule has 1 amide bonds. The predicted molar refractivity (Wildman–Crippen MR) is 125 cm³/mol. The van der Waals surface area contributed by atoms with Crippen LogP contribution in [0.3, 0.4) is 0 Å². The predicted octanol–water partition coefficient (Wildman–Crippen LogP) is 2.57. The van der Waals surface area contributed by atoms with Gasteiger partial charge in [-0.3, -0.25) is 23.3 Å². The number of pyridine rings is 1. The Morgan fingerprint density at radius 3 is 2.47 bits per heavy atom. The van der Waals surface area contributed by atoms with E-state index in [-0.39, 0.29) is 18.9 Å². The van der Waals surface area contributed by atoms with Crippen molar-refractivity contribution in [1.29, 1.82) is 0 Å². The third kappa shape index (κ3) is 4.11. The van der Waals surface area contributed by atoms with Gasteiger partial charge in [-0.15, -0.1) is 0 Å². The highest BCUT2D eigenvalue weighted by Gasteiger charge is 2.59. The number of carbonyl (C=O) groups is 1. The minimum absolute atomic E-state index is 0.0962. The van der Waals surface area contributed by atoms with Crippen LogP contribution < -0.4 is 8.61 Å². The zero-order chi connectivity index (χ0) is 24.3. The lowest BCUT2D eigenvalue weighted by molar-refractivity contribution is -0.130. The minimum atomic E-state index is -3.89. The molecule has 1 aliphatic carbocycles. The van der Waals surface area contributed by atoms with Crippen LogP contribution in [0.1, 0.15) is 18.9 Å². The van der Waals surface area contributed by atoms with Crippen molar-refractivity contribution < 1.29 is 22.0 Å². The van der Waals surface area contributed by atoms with Gasteiger partial charge in [-0.2, -0.15) is 8.42 Å². The molecule has 3 heterocycles. The van der Waals surface area contributed by atoms with Crippen molar-refractivity contribution in [2.75, 3.05) is 48.4 Å². The quantitative estimate of drug-likeness (QED) is 0.643. The van der Waals surface area contributed by atoms with Gasteiger partial charge in [-0.1, -0.05) is 6.07 Å². The molecule has 3 aliphatic rings. The molecule has 1 saturated carbocycles. The molecule has 1 saturated heterocycles. The Hall–Kier alpha value is -2.79. The molecule has 182 valence electrons. The molecule has 8 nitrogen and oxygen atoms in total. The maximum atomic E-state index is 13.5. The molecule has 1 aromatic heterocycles. The van der Waals surface area contributed by atoms with E-state index in [0.717, 1.165) is 39.4 Å². The summed E-state index contributed by atoms with van der Waals surface area (Å²) < 4.78 is 54.9. The highest BCUT2D eigenvalue weighted by molar-refractivity contribution is 7.94. The molecule has 1 aromatic carbocycles. The van der Waals surface area contributed by atoms with Gasteiger partial charge in [-0.05, 0) is 29.8 Å². The summed E-state index contributed by atoms with van der Waals surface area (Å²) in [4.78, 5) is 20.1. The first-order valence-corrected chi connectivity index (χ1v) is 12.7. The zero-order valence-corrected chi connectivity index (χ0v) is 19.9. The molecule has 0 bridgehead atoms. The monoisotopic (exact) mass is 491 g/mol. The second-order valence-electron chi connectivity index (χ2n) is 9.20. The van der Waals surface area contributed by atoms with Crippen LogP contribution in [0.15, 0.2) is 36.5 Å². The molecular formula is C23H27F2N5O3S. The van der Waals surface area contributed by atoms with Gasteiger partial charge in [0.2, 0.25) is 5.91 Å². The fourth-order valence-corrected chi connectivity index (χ4v) is 6.07. The Morgan fingerprint density at radius 1 is 1.12 bits per heavy atom. The molecule has 2 aromatic rings. The second kappa shape index (κ2) is 8.16. The number of halogens is 2. The molecule has 2 fully saturated rings. The van der Waals surface area contributed by atoms with E-state index in [1.165, 1.54) is 7.05 Å². The summed E-state index contributed by atoms with van der Waals surface area (Å²) in [6.45, 7) is 5.11. The van der Waals surface area contributed by atoms with Gasteiger partial charge in [0.25, 0.3) is 5.92 Å². The second-order valence-corrected chi connectivity index (χ2v) is 11.1. The lowest BCUT2D eigenvalue weighted by Crippen LogP contribution is -2.47. The normalized spacial score (nSPS) is 23.2. The summed E-state index contributed by atoms with van der Waals surface area (Å²) in [5.41, 5.74) is 3.39. The van der Waals surface area contributed by atoms with E-state index in [2.05, 4.69) is 9.88 Å². The number of hydrogen-bond donors (Lipinski definition) is 0. The zero-order valence-electron chi connectivity index (χ0n) is 19.1. The van der Waals surface area contributed by atoms with Crippen molar-refractivity contribution >= 4 is 27.5 Å². The molecular weight excluding hydrogens is 464 g/mol. The van der Waals surface area contributed by atoms with E-state index in [4.69, 9.17) is 0 Å². The summed E-state index contributed by atoms with van der Waals surface area (Å²) in [5.74, 6) is -3.64. The van der Waals surface area contributed by atoms with Crippen molar-refractivity contribution in [3.63, 3.8) is 0 Å². The maximum absolute atomic E-state index is 13.5. The first kappa shape index (κ1) is 23.0. The summed E-state index contributed by atoms with van der Waals surface area (Å²) in [7, 11) is -2.45. The molecule has 0 spiro atoms.